The second-order valence-corrected chi connectivity index (χ2v) is 5.47. The Bertz CT molecular complexity index is 757. The molecule has 1 unspecified atom stereocenters. The molecule has 2 N–H and O–H groups in total. The van der Waals surface area contributed by atoms with Gasteiger partial charge < -0.3 is 14.8 Å². The van der Waals surface area contributed by atoms with Crippen molar-refractivity contribution in [2.45, 2.75) is 12.5 Å². The fourth-order valence-electron chi connectivity index (χ4n) is 2.33. The van der Waals surface area contributed by atoms with Gasteiger partial charge in [-0.2, -0.15) is 0 Å². The van der Waals surface area contributed by atoms with E-state index in [9.17, 15) is 9.90 Å². The zero-order valence-electron chi connectivity index (χ0n) is 12.2. The third-order valence-corrected chi connectivity index (χ3v) is 3.64. The number of aliphatic hydroxyl groups is 1. The largest absolute Gasteiger partial charge is 0.451 e. The molecule has 4 nitrogen and oxygen atoms in total. The van der Waals surface area contributed by atoms with Gasteiger partial charge in [-0.05, 0) is 24.6 Å². The van der Waals surface area contributed by atoms with Crippen molar-refractivity contribution in [2.24, 2.45) is 0 Å². The summed E-state index contributed by atoms with van der Waals surface area (Å²) in [5.74, 6) is -0.0996. The van der Waals surface area contributed by atoms with Gasteiger partial charge in [0.2, 0.25) is 0 Å². The molecule has 1 heterocycles. The van der Waals surface area contributed by atoms with E-state index in [1.165, 1.54) is 0 Å². The molecule has 3 rings (SSSR count). The number of rotatable bonds is 4. The molecule has 1 aromatic heterocycles. The Kier molecular flexibility index (Phi) is 3.69. The Morgan fingerprint density at radius 1 is 1.14 bits per heavy atom. The zero-order chi connectivity index (χ0) is 15.6. The van der Waals surface area contributed by atoms with E-state index in [2.05, 4.69) is 5.32 Å². The van der Waals surface area contributed by atoms with Crippen molar-refractivity contribution in [1.29, 1.82) is 0 Å². The SMILES string of the molecule is CC(O)(CNC(=O)c1cc2ccccc2o1)c1ccccc1. The van der Waals surface area contributed by atoms with E-state index in [1.54, 1.807) is 13.0 Å². The molecular weight excluding hydrogens is 278 g/mol. The summed E-state index contributed by atoms with van der Waals surface area (Å²) in [7, 11) is 0. The Balaban J connectivity index is 1.72. The molecule has 0 saturated heterocycles. The van der Waals surface area contributed by atoms with Gasteiger partial charge in [0.1, 0.15) is 11.2 Å². The van der Waals surface area contributed by atoms with Crippen LogP contribution in [0.25, 0.3) is 11.0 Å². The van der Waals surface area contributed by atoms with E-state index in [1.807, 2.05) is 54.6 Å². The Morgan fingerprint density at radius 2 is 1.82 bits per heavy atom. The summed E-state index contributed by atoms with van der Waals surface area (Å²) >= 11 is 0. The summed E-state index contributed by atoms with van der Waals surface area (Å²) in [6.07, 6.45) is 0. The first kappa shape index (κ1) is 14.4. The van der Waals surface area contributed by atoms with Gasteiger partial charge in [-0.3, -0.25) is 4.79 Å². The molecule has 0 spiro atoms. The average molecular weight is 295 g/mol. The predicted octanol–water partition coefficient (Wildman–Crippen LogP) is 3.07. The molecule has 1 atom stereocenters. The van der Waals surface area contributed by atoms with Gasteiger partial charge in [0, 0.05) is 5.39 Å². The fourth-order valence-corrected chi connectivity index (χ4v) is 2.33. The second kappa shape index (κ2) is 5.66. The summed E-state index contributed by atoms with van der Waals surface area (Å²) in [6, 6.07) is 18.4. The van der Waals surface area contributed by atoms with Gasteiger partial charge in [0.25, 0.3) is 5.91 Å². The van der Waals surface area contributed by atoms with Crippen LogP contribution >= 0.6 is 0 Å². The van der Waals surface area contributed by atoms with E-state index in [4.69, 9.17) is 4.42 Å². The van der Waals surface area contributed by atoms with E-state index in [0.717, 1.165) is 10.9 Å². The number of benzene rings is 2. The number of fused-ring (bicyclic) bond motifs is 1. The van der Waals surface area contributed by atoms with Crippen molar-refractivity contribution in [1.82, 2.24) is 5.32 Å². The standard InChI is InChI=1S/C18H17NO3/c1-18(21,14-8-3-2-4-9-14)12-19-17(20)16-11-13-7-5-6-10-15(13)22-16/h2-11,21H,12H2,1H3,(H,19,20). The summed E-state index contributed by atoms with van der Waals surface area (Å²) in [4.78, 5) is 12.2. The maximum atomic E-state index is 12.2. The number of carbonyl (C=O) groups is 1. The molecule has 3 aromatic rings. The van der Waals surface area contributed by atoms with E-state index in [-0.39, 0.29) is 18.2 Å². The smallest absolute Gasteiger partial charge is 0.287 e. The van der Waals surface area contributed by atoms with Crippen LogP contribution in [0, 0.1) is 0 Å². The normalized spacial score (nSPS) is 13.7. The van der Waals surface area contributed by atoms with Crippen molar-refractivity contribution in [2.75, 3.05) is 6.54 Å². The van der Waals surface area contributed by atoms with Crippen LogP contribution < -0.4 is 5.32 Å². The Labute approximate surface area is 128 Å². The third-order valence-electron chi connectivity index (χ3n) is 3.64. The van der Waals surface area contributed by atoms with Crippen molar-refractivity contribution >= 4 is 16.9 Å². The minimum atomic E-state index is -1.14. The monoisotopic (exact) mass is 295 g/mol. The first-order chi connectivity index (χ1) is 10.6. The summed E-state index contributed by atoms with van der Waals surface area (Å²) < 4.78 is 5.51. The molecule has 0 bridgehead atoms. The van der Waals surface area contributed by atoms with Crippen LogP contribution in [0.3, 0.4) is 0 Å². The Hall–Kier alpha value is -2.59. The Morgan fingerprint density at radius 3 is 2.55 bits per heavy atom. The highest BCUT2D eigenvalue weighted by Gasteiger charge is 2.24. The number of furan rings is 1. The topological polar surface area (TPSA) is 62.5 Å². The van der Waals surface area contributed by atoms with Crippen LogP contribution in [-0.2, 0) is 5.60 Å². The average Bonchev–Trinajstić information content (AvgIpc) is 2.98. The van der Waals surface area contributed by atoms with Gasteiger partial charge in [-0.1, -0.05) is 48.5 Å². The highest BCUT2D eigenvalue weighted by molar-refractivity contribution is 5.96. The summed E-state index contributed by atoms with van der Waals surface area (Å²) in [6.45, 7) is 1.77. The third kappa shape index (κ3) is 2.87. The highest BCUT2D eigenvalue weighted by Crippen LogP contribution is 2.21. The number of hydrogen-bond donors (Lipinski definition) is 2. The van der Waals surface area contributed by atoms with Crippen LogP contribution in [-0.4, -0.2) is 17.6 Å². The van der Waals surface area contributed by atoms with E-state index >= 15 is 0 Å². The molecule has 0 aliphatic rings. The lowest BCUT2D eigenvalue weighted by molar-refractivity contribution is 0.0519. The molecule has 2 aromatic carbocycles. The van der Waals surface area contributed by atoms with Gasteiger partial charge >= 0.3 is 0 Å². The number of amides is 1. The second-order valence-electron chi connectivity index (χ2n) is 5.47. The van der Waals surface area contributed by atoms with Crippen LogP contribution in [0.2, 0.25) is 0 Å². The van der Waals surface area contributed by atoms with Gasteiger partial charge in [0.15, 0.2) is 5.76 Å². The van der Waals surface area contributed by atoms with E-state index < -0.39 is 5.60 Å². The lowest BCUT2D eigenvalue weighted by atomic mass is 9.96. The number of carbonyl (C=O) groups excluding carboxylic acids is 1. The number of hydrogen-bond acceptors (Lipinski definition) is 3. The molecule has 112 valence electrons. The predicted molar refractivity (Wildman–Crippen MR) is 84.6 cm³/mol. The number of nitrogens with one attached hydrogen (secondary N) is 1. The van der Waals surface area contributed by atoms with Gasteiger partial charge in [-0.15, -0.1) is 0 Å². The van der Waals surface area contributed by atoms with Crippen molar-refractivity contribution < 1.29 is 14.3 Å². The minimum absolute atomic E-state index is 0.104. The molecule has 1 amide bonds. The molecule has 22 heavy (non-hydrogen) atoms. The number of para-hydroxylation sites is 1. The molecule has 0 radical (unpaired) electrons. The van der Waals surface area contributed by atoms with Crippen LogP contribution in [0.1, 0.15) is 23.0 Å². The first-order valence-corrected chi connectivity index (χ1v) is 7.11. The maximum absolute atomic E-state index is 12.2. The quantitative estimate of drug-likeness (QED) is 0.777. The highest BCUT2D eigenvalue weighted by atomic mass is 16.3. The van der Waals surface area contributed by atoms with Crippen molar-refractivity contribution in [3.8, 4) is 0 Å². The van der Waals surface area contributed by atoms with Crippen LogP contribution in [0.5, 0.6) is 0 Å². The molecule has 0 saturated carbocycles. The van der Waals surface area contributed by atoms with Crippen molar-refractivity contribution in [3.63, 3.8) is 0 Å². The molecule has 0 aliphatic carbocycles. The molecule has 0 fully saturated rings. The lowest BCUT2D eigenvalue weighted by Crippen LogP contribution is -2.38. The van der Waals surface area contributed by atoms with Gasteiger partial charge in [-0.25, -0.2) is 0 Å². The first-order valence-electron chi connectivity index (χ1n) is 7.11. The molecular formula is C18H17NO3. The molecule has 0 aliphatic heterocycles. The molecule has 4 heteroatoms. The minimum Gasteiger partial charge on any atom is -0.451 e. The van der Waals surface area contributed by atoms with Crippen molar-refractivity contribution in [3.05, 3.63) is 72.0 Å². The van der Waals surface area contributed by atoms with Crippen LogP contribution in [0.4, 0.5) is 0 Å². The maximum Gasteiger partial charge on any atom is 0.287 e. The zero-order valence-corrected chi connectivity index (χ0v) is 12.2. The lowest BCUT2D eigenvalue weighted by Gasteiger charge is -2.23. The summed E-state index contributed by atoms with van der Waals surface area (Å²) in [5, 5.41) is 14.1. The van der Waals surface area contributed by atoms with E-state index in [0.29, 0.717) is 5.58 Å². The van der Waals surface area contributed by atoms with Gasteiger partial charge in [0.05, 0.1) is 6.54 Å². The summed E-state index contributed by atoms with van der Waals surface area (Å²) in [5.41, 5.74) is 0.283. The fraction of sp³-hybridized carbons (Fsp3) is 0.167. The van der Waals surface area contributed by atoms with Crippen LogP contribution in [0.15, 0.2) is 65.1 Å².